The fourth-order valence-corrected chi connectivity index (χ4v) is 3.14. The summed E-state index contributed by atoms with van der Waals surface area (Å²) >= 11 is 4.49. The van der Waals surface area contributed by atoms with Crippen molar-refractivity contribution < 1.29 is 4.74 Å². The van der Waals surface area contributed by atoms with Crippen molar-refractivity contribution in [1.29, 1.82) is 0 Å². The molecular weight excluding hydrogens is 350 g/mol. The molecule has 0 saturated carbocycles. The summed E-state index contributed by atoms with van der Waals surface area (Å²) < 4.78 is 5.79. The van der Waals surface area contributed by atoms with E-state index in [0.717, 1.165) is 32.5 Å². The van der Waals surface area contributed by atoms with Crippen molar-refractivity contribution in [2.75, 3.05) is 26.2 Å². The first kappa shape index (κ1) is 25.5. The predicted molar refractivity (Wildman–Crippen MR) is 118 cm³/mol. The van der Waals surface area contributed by atoms with Crippen LogP contribution in [-0.2, 0) is 4.74 Å². The van der Waals surface area contributed by atoms with Crippen molar-refractivity contribution >= 4 is 22.5 Å². The van der Waals surface area contributed by atoms with Crippen LogP contribution >= 0.6 is 22.5 Å². The van der Waals surface area contributed by atoms with Crippen molar-refractivity contribution in [2.24, 2.45) is 0 Å². The number of hydrogen-bond donors (Lipinski definition) is 4. The first-order valence-electron chi connectivity index (χ1n) is 9.40. The number of ether oxygens (including phenoxy) is 1. The van der Waals surface area contributed by atoms with Crippen molar-refractivity contribution in [1.82, 2.24) is 16.0 Å². The maximum absolute atomic E-state index is 5.79. The number of thiol groups is 1. The van der Waals surface area contributed by atoms with Crippen LogP contribution < -0.4 is 16.0 Å². The van der Waals surface area contributed by atoms with Crippen LogP contribution in [0.25, 0.3) is 0 Å². The lowest BCUT2D eigenvalue weighted by atomic mass is 9.95. The van der Waals surface area contributed by atoms with Crippen LogP contribution in [0.15, 0.2) is 0 Å². The molecule has 0 aromatic rings. The van der Waals surface area contributed by atoms with Gasteiger partial charge in [-0.25, -0.2) is 0 Å². The quantitative estimate of drug-likeness (QED) is 0.173. The number of nitrogens with one attached hydrogen (secondary N) is 3. The van der Waals surface area contributed by atoms with E-state index in [-0.39, 0.29) is 21.5 Å². The highest BCUT2D eigenvalue weighted by Gasteiger charge is 2.27. The molecule has 0 heterocycles. The van der Waals surface area contributed by atoms with E-state index in [1.165, 1.54) is 0 Å². The summed E-state index contributed by atoms with van der Waals surface area (Å²) in [6.07, 6.45) is 2.13. The van der Waals surface area contributed by atoms with Gasteiger partial charge in [-0.3, -0.25) is 0 Å². The molecule has 1 atom stereocenters. The molecule has 0 bridgehead atoms. The van der Waals surface area contributed by atoms with E-state index in [2.05, 4.69) is 89.9 Å². The summed E-state index contributed by atoms with van der Waals surface area (Å²) in [5.74, 6) is 0. The van der Waals surface area contributed by atoms with Gasteiger partial charge >= 0.3 is 0 Å². The molecule has 0 rings (SSSR count). The van der Waals surface area contributed by atoms with E-state index in [0.29, 0.717) is 6.61 Å². The first-order valence-corrected chi connectivity index (χ1v) is 11.3. The van der Waals surface area contributed by atoms with Crippen LogP contribution in [0.4, 0.5) is 0 Å². The Morgan fingerprint density at radius 2 is 1.32 bits per heavy atom. The Kier molecular flexibility index (Phi) is 11.0. The molecule has 3 N–H and O–H groups in total. The van der Waals surface area contributed by atoms with E-state index in [9.17, 15) is 0 Å². The third-order valence-corrected chi connectivity index (χ3v) is 5.91. The Hall–Kier alpha value is 0.540. The van der Waals surface area contributed by atoms with Gasteiger partial charge in [-0.05, 0) is 75.2 Å². The highest BCUT2D eigenvalue weighted by molar-refractivity contribution is 8.69. The molecule has 0 spiro atoms. The lowest BCUT2D eigenvalue weighted by molar-refractivity contribution is -0.00198. The smallest absolute Gasteiger partial charge is 0.0719 e. The van der Waals surface area contributed by atoms with Gasteiger partial charge in [0.2, 0.25) is 0 Å². The van der Waals surface area contributed by atoms with Crippen LogP contribution in [0.3, 0.4) is 0 Å². The van der Waals surface area contributed by atoms with Gasteiger partial charge < -0.3 is 20.7 Å². The second-order valence-corrected chi connectivity index (χ2v) is 11.3. The maximum atomic E-state index is 5.79. The molecule has 0 fully saturated rings. The number of rotatable bonds is 12. The van der Waals surface area contributed by atoms with E-state index in [4.69, 9.17) is 4.74 Å². The minimum absolute atomic E-state index is 0.0486. The molecule has 0 aromatic carbocycles. The zero-order valence-electron chi connectivity index (χ0n) is 18.0. The molecule has 0 aliphatic rings. The monoisotopic (exact) mass is 393 g/mol. The second-order valence-electron chi connectivity index (χ2n) is 9.70. The molecule has 0 aromatic heterocycles. The molecule has 1 unspecified atom stereocenters. The molecular formula is C19H43N3OS2. The standard InChI is InChI=1S/C19H43N3OS2/c1-16(2,3)20-12-13-21-18(7,8)10-11-19(9,25-24)22-14-15-23-17(4,5)6/h20-22,24H,10-15H2,1-9H3. The summed E-state index contributed by atoms with van der Waals surface area (Å²) in [5, 5.41) is 10.8. The highest BCUT2D eigenvalue weighted by atomic mass is 33.1. The van der Waals surface area contributed by atoms with Gasteiger partial charge in [-0.2, -0.15) is 0 Å². The van der Waals surface area contributed by atoms with Crippen LogP contribution in [-0.4, -0.2) is 47.8 Å². The average molecular weight is 394 g/mol. The first-order chi connectivity index (χ1) is 11.2. The minimum atomic E-state index is -0.0841. The van der Waals surface area contributed by atoms with Gasteiger partial charge in [0.15, 0.2) is 0 Å². The number of hydrogen-bond acceptors (Lipinski definition) is 6. The normalized spacial score (nSPS) is 16.1. The Morgan fingerprint density at radius 3 is 1.80 bits per heavy atom. The molecule has 25 heavy (non-hydrogen) atoms. The zero-order valence-corrected chi connectivity index (χ0v) is 19.7. The fraction of sp³-hybridized carbons (Fsp3) is 1.00. The van der Waals surface area contributed by atoms with Gasteiger partial charge in [-0.1, -0.05) is 10.8 Å². The molecule has 0 radical (unpaired) electrons. The Balaban J connectivity index is 4.18. The van der Waals surface area contributed by atoms with Crippen molar-refractivity contribution in [2.45, 2.75) is 96.7 Å². The molecule has 0 amide bonds. The summed E-state index contributed by atoms with van der Waals surface area (Å²) in [4.78, 5) is -0.0486. The molecule has 0 aliphatic heterocycles. The summed E-state index contributed by atoms with van der Waals surface area (Å²) in [5.41, 5.74) is 0.194. The fourth-order valence-electron chi connectivity index (χ4n) is 2.32. The average Bonchev–Trinajstić information content (AvgIpc) is 2.45. The van der Waals surface area contributed by atoms with Crippen molar-refractivity contribution in [3.63, 3.8) is 0 Å². The second kappa shape index (κ2) is 10.8. The molecule has 0 saturated heterocycles. The molecule has 6 heteroatoms. The topological polar surface area (TPSA) is 45.3 Å². The maximum Gasteiger partial charge on any atom is 0.0719 e. The van der Waals surface area contributed by atoms with Gasteiger partial charge in [-0.15, -0.1) is 11.7 Å². The Labute approximate surface area is 166 Å². The molecule has 152 valence electrons. The highest BCUT2D eigenvalue weighted by Crippen LogP contribution is 2.32. The van der Waals surface area contributed by atoms with E-state index >= 15 is 0 Å². The molecule has 4 nitrogen and oxygen atoms in total. The Bertz CT molecular complexity index is 365. The van der Waals surface area contributed by atoms with Crippen LogP contribution in [0.2, 0.25) is 0 Å². The van der Waals surface area contributed by atoms with E-state index in [1.807, 2.05) is 0 Å². The summed E-state index contributed by atoms with van der Waals surface area (Å²) in [7, 11) is 1.59. The van der Waals surface area contributed by atoms with E-state index < -0.39 is 0 Å². The van der Waals surface area contributed by atoms with E-state index in [1.54, 1.807) is 10.8 Å². The summed E-state index contributed by atoms with van der Waals surface area (Å²) in [6, 6.07) is 0. The predicted octanol–water partition coefficient (Wildman–Crippen LogP) is 4.22. The van der Waals surface area contributed by atoms with Gasteiger partial charge in [0.1, 0.15) is 0 Å². The SMILES string of the molecule is CC(C)(C)NCCNC(C)(C)CCC(C)(NCCOC(C)(C)C)SS. The third-order valence-electron chi connectivity index (χ3n) is 3.95. The lowest BCUT2D eigenvalue weighted by Gasteiger charge is -2.34. The lowest BCUT2D eigenvalue weighted by Crippen LogP contribution is -2.48. The van der Waals surface area contributed by atoms with Gasteiger partial charge in [0, 0.05) is 30.7 Å². The van der Waals surface area contributed by atoms with Gasteiger partial charge in [0.05, 0.1) is 17.1 Å². The van der Waals surface area contributed by atoms with Crippen LogP contribution in [0, 0.1) is 0 Å². The minimum Gasteiger partial charge on any atom is -0.375 e. The zero-order chi connectivity index (χ0) is 19.8. The molecule has 0 aliphatic carbocycles. The van der Waals surface area contributed by atoms with Gasteiger partial charge in [0.25, 0.3) is 0 Å². The van der Waals surface area contributed by atoms with Crippen LogP contribution in [0.5, 0.6) is 0 Å². The Morgan fingerprint density at radius 1 is 0.760 bits per heavy atom. The largest absolute Gasteiger partial charge is 0.375 e. The summed E-state index contributed by atoms with van der Waals surface area (Å²) in [6.45, 7) is 23.1. The van der Waals surface area contributed by atoms with Crippen LogP contribution in [0.1, 0.15) is 75.2 Å². The van der Waals surface area contributed by atoms with Crippen molar-refractivity contribution in [3.8, 4) is 0 Å². The van der Waals surface area contributed by atoms with Crippen molar-refractivity contribution in [3.05, 3.63) is 0 Å². The third kappa shape index (κ3) is 15.3.